The van der Waals surface area contributed by atoms with Gasteiger partial charge >= 0.3 is 0 Å². The van der Waals surface area contributed by atoms with E-state index in [1.165, 1.54) is 0 Å². The van der Waals surface area contributed by atoms with Crippen molar-refractivity contribution >= 4 is 8.46 Å². The summed E-state index contributed by atoms with van der Waals surface area (Å²) in [6, 6.07) is 0. The van der Waals surface area contributed by atoms with Crippen LogP contribution in [-0.2, 0) is 4.57 Å². The van der Waals surface area contributed by atoms with Gasteiger partial charge in [-0.25, -0.2) is 0 Å². The molecule has 0 spiro atoms. The van der Waals surface area contributed by atoms with Gasteiger partial charge in [0.05, 0.1) is 6.16 Å². The van der Waals surface area contributed by atoms with Crippen LogP contribution < -0.4 is 0 Å². The van der Waals surface area contributed by atoms with E-state index in [0.717, 1.165) is 6.42 Å². The largest absolute Gasteiger partial charge is 0.275 e. The van der Waals surface area contributed by atoms with Crippen LogP contribution in [0.1, 0.15) is 13.3 Å². The molecule has 0 atom stereocenters. The minimum Gasteiger partial charge on any atom is -0.275 e. The van der Waals surface area contributed by atoms with Crippen LogP contribution in [0.25, 0.3) is 0 Å². The zero-order chi connectivity index (χ0) is 4.12. The highest BCUT2D eigenvalue weighted by atomic mass is 31.1. The molecule has 0 amide bonds. The lowest BCUT2D eigenvalue weighted by molar-refractivity contribution is 0.600. The molecule has 2 heteroatoms. The summed E-state index contributed by atoms with van der Waals surface area (Å²) < 4.78 is 9.45. The summed E-state index contributed by atoms with van der Waals surface area (Å²) in [5, 5.41) is 0. The molecule has 0 saturated heterocycles. The molecular weight excluding hydrogens is 83.0 g/mol. The Morgan fingerprint density at radius 1 is 2.00 bits per heavy atom. The van der Waals surface area contributed by atoms with Crippen LogP contribution in [0.2, 0.25) is 0 Å². The predicted molar refractivity (Wildman–Crippen MR) is 22.2 cm³/mol. The molecule has 0 saturated carbocycles. The van der Waals surface area contributed by atoms with Gasteiger partial charge < -0.3 is 0 Å². The Hall–Kier alpha value is 0.100. The standard InChI is InChI=1S/C3H6OP/c1-2-3-5-4/h3H,2H2,1H3. The van der Waals surface area contributed by atoms with Crippen molar-refractivity contribution < 1.29 is 4.57 Å². The highest BCUT2D eigenvalue weighted by Gasteiger charge is 1.69. The average Bonchev–Trinajstić information content (AvgIpc) is 1.41. The summed E-state index contributed by atoms with van der Waals surface area (Å²) in [5.74, 6) is 0. The van der Waals surface area contributed by atoms with E-state index in [1.54, 1.807) is 6.16 Å². The van der Waals surface area contributed by atoms with Gasteiger partial charge in [-0.05, 0) is 6.42 Å². The van der Waals surface area contributed by atoms with Crippen molar-refractivity contribution in [2.24, 2.45) is 0 Å². The molecular formula is C3H6OP. The third kappa shape index (κ3) is 4.10. The molecule has 0 aromatic heterocycles. The van der Waals surface area contributed by atoms with Crippen molar-refractivity contribution in [3.8, 4) is 0 Å². The van der Waals surface area contributed by atoms with Crippen LogP contribution >= 0.6 is 8.46 Å². The molecule has 0 fully saturated rings. The summed E-state index contributed by atoms with van der Waals surface area (Å²) in [4.78, 5) is 0. The Bertz CT molecular complexity index is 28.1. The van der Waals surface area contributed by atoms with Crippen LogP contribution in [0.15, 0.2) is 0 Å². The van der Waals surface area contributed by atoms with Gasteiger partial charge in [-0.15, -0.1) is 0 Å². The van der Waals surface area contributed by atoms with Crippen molar-refractivity contribution in [2.45, 2.75) is 13.3 Å². The SMILES string of the molecule is CC[CH]P=O. The number of hydrogen-bond acceptors (Lipinski definition) is 1. The van der Waals surface area contributed by atoms with Gasteiger partial charge in [0.2, 0.25) is 0 Å². The predicted octanol–water partition coefficient (Wildman–Crippen LogP) is 1.85. The maximum atomic E-state index is 9.45. The molecule has 0 aliphatic heterocycles. The summed E-state index contributed by atoms with van der Waals surface area (Å²) in [7, 11) is 0.155. The third-order valence-corrected chi connectivity index (χ3v) is 0.771. The first-order valence-corrected chi connectivity index (χ1v) is 2.44. The fraction of sp³-hybridized carbons (Fsp3) is 0.667. The van der Waals surface area contributed by atoms with Gasteiger partial charge in [0.1, 0.15) is 0 Å². The van der Waals surface area contributed by atoms with Crippen LogP contribution in [0, 0.1) is 6.16 Å². The van der Waals surface area contributed by atoms with Crippen LogP contribution in [0.5, 0.6) is 0 Å². The molecule has 29 valence electrons. The van der Waals surface area contributed by atoms with Gasteiger partial charge in [0.15, 0.2) is 8.46 Å². The van der Waals surface area contributed by atoms with Gasteiger partial charge in [-0.1, -0.05) is 6.92 Å². The van der Waals surface area contributed by atoms with Gasteiger partial charge in [-0.3, -0.25) is 4.57 Å². The average molecular weight is 89.1 g/mol. The molecule has 0 aliphatic carbocycles. The Morgan fingerprint density at radius 3 is 2.60 bits per heavy atom. The smallest absolute Gasteiger partial charge is 0.159 e. The lowest BCUT2D eigenvalue weighted by atomic mass is 10.6. The lowest BCUT2D eigenvalue weighted by Gasteiger charge is -1.65. The molecule has 0 unspecified atom stereocenters. The molecule has 0 bridgehead atoms. The lowest BCUT2D eigenvalue weighted by Crippen LogP contribution is -1.46. The molecule has 1 radical (unpaired) electrons. The number of hydrogen-bond donors (Lipinski definition) is 0. The van der Waals surface area contributed by atoms with Gasteiger partial charge in [0.25, 0.3) is 0 Å². The minimum atomic E-state index is 0.155. The first kappa shape index (κ1) is 5.10. The maximum absolute atomic E-state index is 9.45. The summed E-state index contributed by atoms with van der Waals surface area (Å²) >= 11 is 0. The monoisotopic (exact) mass is 89.0 g/mol. The fourth-order valence-corrected chi connectivity index (χ4v) is 0.224. The molecule has 0 aromatic rings. The molecule has 1 nitrogen and oxygen atoms in total. The highest BCUT2D eigenvalue weighted by Crippen LogP contribution is 1.99. The molecule has 5 heavy (non-hydrogen) atoms. The Kier molecular flexibility index (Phi) is 4.18. The molecule has 0 aliphatic rings. The Morgan fingerprint density at radius 2 is 2.60 bits per heavy atom. The number of rotatable bonds is 2. The van der Waals surface area contributed by atoms with E-state index in [1.807, 2.05) is 6.92 Å². The van der Waals surface area contributed by atoms with Crippen molar-refractivity contribution in [3.63, 3.8) is 0 Å². The normalized spacial score (nSPS) is 9.00. The Balaban J connectivity index is 2.40. The van der Waals surface area contributed by atoms with Crippen molar-refractivity contribution in [1.82, 2.24) is 0 Å². The van der Waals surface area contributed by atoms with Gasteiger partial charge in [0, 0.05) is 0 Å². The van der Waals surface area contributed by atoms with Crippen LogP contribution in [0.4, 0.5) is 0 Å². The second kappa shape index (κ2) is 4.10. The highest BCUT2D eigenvalue weighted by molar-refractivity contribution is 7.26. The van der Waals surface area contributed by atoms with E-state index in [4.69, 9.17) is 0 Å². The third-order valence-electron chi connectivity index (χ3n) is 0.257. The Labute approximate surface area is 33.6 Å². The first-order chi connectivity index (χ1) is 2.41. The van der Waals surface area contributed by atoms with Crippen LogP contribution in [-0.4, -0.2) is 0 Å². The summed E-state index contributed by atoms with van der Waals surface area (Å²) in [6.45, 7) is 1.95. The van der Waals surface area contributed by atoms with Crippen molar-refractivity contribution in [3.05, 3.63) is 6.16 Å². The van der Waals surface area contributed by atoms with Gasteiger partial charge in [-0.2, -0.15) is 0 Å². The van der Waals surface area contributed by atoms with Crippen molar-refractivity contribution in [2.75, 3.05) is 0 Å². The van der Waals surface area contributed by atoms with E-state index >= 15 is 0 Å². The first-order valence-electron chi connectivity index (χ1n) is 1.56. The molecule has 0 heterocycles. The molecule has 0 N–H and O–H groups in total. The second-order valence-corrected chi connectivity index (χ2v) is 1.27. The molecule has 0 rings (SSSR count). The van der Waals surface area contributed by atoms with E-state index in [2.05, 4.69) is 0 Å². The summed E-state index contributed by atoms with van der Waals surface area (Å²) in [6.07, 6.45) is 2.56. The van der Waals surface area contributed by atoms with E-state index in [0.29, 0.717) is 0 Å². The molecule has 0 aromatic carbocycles. The second-order valence-electron chi connectivity index (χ2n) is 0.696. The zero-order valence-electron chi connectivity index (χ0n) is 3.14. The van der Waals surface area contributed by atoms with Crippen molar-refractivity contribution in [1.29, 1.82) is 0 Å². The van der Waals surface area contributed by atoms with Crippen LogP contribution in [0.3, 0.4) is 0 Å². The topological polar surface area (TPSA) is 17.1 Å². The zero-order valence-corrected chi connectivity index (χ0v) is 4.03. The van der Waals surface area contributed by atoms with E-state index in [9.17, 15) is 4.57 Å². The summed E-state index contributed by atoms with van der Waals surface area (Å²) in [5.41, 5.74) is 0. The van der Waals surface area contributed by atoms with E-state index in [-0.39, 0.29) is 8.46 Å². The quantitative estimate of drug-likeness (QED) is 0.472. The minimum absolute atomic E-state index is 0.155. The maximum Gasteiger partial charge on any atom is 0.159 e. The van der Waals surface area contributed by atoms with E-state index < -0.39 is 0 Å². The fourth-order valence-electron chi connectivity index (χ4n) is 0.0745.